The summed E-state index contributed by atoms with van der Waals surface area (Å²) in [5, 5.41) is 0. The van der Waals surface area contributed by atoms with E-state index in [-0.39, 0.29) is 5.78 Å². The molecule has 0 N–H and O–H groups in total. The number of aliphatic imine (C=N–C) groups is 1. The molecule has 1 fully saturated rings. The van der Waals surface area contributed by atoms with E-state index in [0.717, 1.165) is 21.8 Å². The molecule has 0 bridgehead atoms. The van der Waals surface area contributed by atoms with Crippen LogP contribution in [0.2, 0.25) is 0 Å². The predicted molar refractivity (Wildman–Crippen MR) is 104 cm³/mol. The summed E-state index contributed by atoms with van der Waals surface area (Å²) in [5.41, 5.74) is 3.02. The van der Waals surface area contributed by atoms with Crippen LogP contribution in [0.25, 0.3) is 0 Å². The highest BCUT2D eigenvalue weighted by atomic mass is 16.2. The minimum Gasteiger partial charge on any atom is -0.302 e. The minimum atomic E-state index is -0.812. The second-order valence-corrected chi connectivity index (χ2v) is 7.52. The maximum Gasteiger partial charge on any atom is 0.328 e. The molecule has 146 valence electrons. The molecule has 3 unspecified atom stereocenters. The number of imide groups is 1. The van der Waals surface area contributed by atoms with E-state index in [1.807, 2.05) is 54.1 Å². The number of anilines is 1. The van der Waals surface area contributed by atoms with Crippen LogP contribution in [-0.2, 0) is 9.59 Å². The Kier molecular flexibility index (Phi) is 4.02. The number of Topliss-reactive ketones (excluding diaryl/α,β-unsaturated/α-hetero) is 1. The third-order valence-electron chi connectivity index (χ3n) is 5.60. The van der Waals surface area contributed by atoms with Gasteiger partial charge < -0.3 is 9.80 Å². The van der Waals surface area contributed by atoms with Gasteiger partial charge in [-0.2, -0.15) is 0 Å². The molecular weight excluding hydrogens is 358 g/mol. The van der Waals surface area contributed by atoms with Crippen molar-refractivity contribution in [3.8, 4) is 0 Å². The quantitative estimate of drug-likeness (QED) is 0.799. The summed E-state index contributed by atoms with van der Waals surface area (Å²) in [5.74, 6) is -0.0202. The molecule has 0 aromatic heterocycles. The van der Waals surface area contributed by atoms with Crippen LogP contribution < -0.4 is 4.90 Å². The summed E-state index contributed by atoms with van der Waals surface area (Å²) >= 11 is 0. The van der Waals surface area contributed by atoms with E-state index in [4.69, 9.17) is 4.99 Å². The number of likely N-dealkylation sites (N-methyl/N-ethyl adjacent to an activating group) is 1. The van der Waals surface area contributed by atoms with Crippen LogP contribution in [0.4, 0.5) is 10.5 Å². The van der Waals surface area contributed by atoms with Crippen LogP contribution in [0.15, 0.2) is 41.2 Å². The average Bonchev–Trinajstić information content (AvgIpc) is 3.15. The predicted octanol–water partition coefficient (Wildman–Crippen LogP) is 1.91. The molecule has 1 aromatic rings. The molecule has 0 saturated carbocycles. The Hall–Kier alpha value is -3.16. The average molecular weight is 381 g/mol. The van der Waals surface area contributed by atoms with Crippen LogP contribution in [0.1, 0.15) is 26.3 Å². The van der Waals surface area contributed by atoms with Crippen molar-refractivity contribution in [3.63, 3.8) is 0 Å². The van der Waals surface area contributed by atoms with Crippen LogP contribution in [0, 0.1) is 6.92 Å². The Morgan fingerprint density at radius 2 is 1.79 bits per heavy atom. The van der Waals surface area contributed by atoms with Crippen molar-refractivity contribution >= 4 is 29.4 Å². The van der Waals surface area contributed by atoms with Gasteiger partial charge in [0.25, 0.3) is 5.91 Å². The molecule has 3 aliphatic rings. The van der Waals surface area contributed by atoms with Gasteiger partial charge in [0.05, 0.1) is 6.04 Å². The van der Waals surface area contributed by atoms with Crippen LogP contribution in [-0.4, -0.2) is 63.7 Å². The Morgan fingerprint density at radius 1 is 1.14 bits per heavy atom. The first-order valence-corrected chi connectivity index (χ1v) is 9.24. The van der Waals surface area contributed by atoms with E-state index < -0.39 is 30.2 Å². The summed E-state index contributed by atoms with van der Waals surface area (Å²) in [4.78, 5) is 48.8. The Bertz CT molecular complexity index is 936. The highest BCUT2D eigenvalue weighted by Crippen LogP contribution is 2.36. The molecule has 3 atom stereocenters. The van der Waals surface area contributed by atoms with Crippen molar-refractivity contribution in [2.45, 2.75) is 45.9 Å². The van der Waals surface area contributed by atoms with Crippen molar-refractivity contribution in [2.24, 2.45) is 4.99 Å². The lowest BCUT2D eigenvalue weighted by atomic mass is 10.1. The summed E-state index contributed by atoms with van der Waals surface area (Å²) in [6.45, 7) is 6.93. The number of urea groups is 1. The summed E-state index contributed by atoms with van der Waals surface area (Å²) in [6, 6.07) is 6.05. The molecule has 1 aromatic carbocycles. The molecule has 28 heavy (non-hydrogen) atoms. The van der Waals surface area contributed by atoms with Gasteiger partial charge in [-0.3, -0.25) is 19.4 Å². The SMILES string of the molecule is CC(=O)C(C)N1C(=O)C2C(N=C3N(c4ccc(C)cc4)C(C)=CN32)N(C)C1=O. The molecule has 4 rings (SSSR count). The number of allylic oxidation sites excluding steroid dienone is 1. The number of nitrogens with zero attached hydrogens (tertiary/aromatic N) is 5. The summed E-state index contributed by atoms with van der Waals surface area (Å²) in [6.07, 6.45) is 1.25. The second kappa shape index (κ2) is 6.19. The lowest BCUT2D eigenvalue weighted by Crippen LogP contribution is -2.66. The normalized spacial score (nSPS) is 24.9. The largest absolute Gasteiger partial charge is 0.328 e. The van der Waals surface area contributed by atoms with E-state index in [1.54, 1.807) is 14.0 Å². The van der Waals surface area contributed by atoms with Gasteiger partial charge in [-0.15, -0.1) is 0 Å². The molecule has 1 saturated heterocycles. The Labute approximate surface area is 163 Å². The van der Waals surface area contributed by atoms with Crippen LogP contribution in [0.3, 0.4) is 0 Å². The van der Waals surface area contributed by atoms with Gasteiger partial charge in [0.1, 0.15) is 0 Å². The highest BCUT2D eigenvalue weighted by Gasteiger charge is 2.55. The number of carbonyl (C=O) groups excluding carboxylic acids is 3. The smallest absolute Gasteiger partial charge is 0.302 e. The van der Waals surface area contributed by atoms with Gasteiger partial charge in [-0.25, -0.2) is 9.79 Å². The van der Waals surface area contributed by atoms with E-state index >= 15 is 0 Å². The molecule has 0 radical (unpaired) electrons. The first-order chi connectivity index (χ1) is 13.2. The monoisotopic (exact) mass is 381 g/mol. The summed E-state index contributed by atoms with van der Waals surface area (Å²) in [7, 11) is 1.62. The molecule has 0 spiro atoms. The van der Waals surface area contributed by atoms with Gasteiger partial charge in [0.15, 0.2) is 18.0 Å². The van der Waals surface area contributed by atoms with Crippen molar-refractivity contribution in [1.29, 1.82) is 0 Å². The summed E-state index contributed by atoms with van der Waals surface area (Å²) < 4.78 is 0. The maximum atomic E-state index is 13.2. The Balaban J connectivity index is 1.73. The first kappa shape index (κ1) is 18.2. The number of amides is 3. The van der Waals surface area contributed by atoms with Gasteiger partial charge in [0, 0.05) is 24.6 Å². The zero-order chi connectivity index (χ0) is 20.3. The Morgan fingerprint density at radius 3 is 2.39 bits per heavy atom. The molecule has 8 heteroatoms. The lowest BCUT2D eigenvalue weighted by Gasteiger charge is -2.41. The van der Waals surface area contributed by atoms with Crippen molar-refractivity contribution < 1.29 is 14.4 Å². The standard InChI is InChI=1S/C20H23N5O3/c1-11-6-8-15(9-7-11)24-12(2)10-23-16-17(21-19(23)24)22(5)20(28)25(18(16)27)13(3)14(4)26/h6-10,13,16-17H,1-5H3. The fourth-order valence-corrected chi connectivity index (χ4v) is 3.87. The minimum absolute atomic E-state index is 0.234. The van der Waals surface area contributed by atoms with E-state index in [1.165, 1.54) is 11.8 Å². The van der Waals surface area contributed by atoms with Gasteiger partial charge >= 0.3 is 6.03 Å². The number of rotatable bonds is 3. The maximum absolute atomic E-state index is 13.2. The van der Waals surface area contributed by atoms with Crippen molar-refractivity contribution in [3.05, 3.63) is 41.7 Å². The molecule has 3 amide bonds. The first-order valence-electron chi connectivity index (χ1n) is 9.24. The second-order valence-electron chi connectivity index (χ2n) is 7.52. The zero-order valence-corrected chi connectivity index (χ0v) is 16.6. The highest BCUT2D eigenvalue weighted by molar-refractivity contribution is 6.11. The number of carbonyl (C=O) groups is 3. The van der Waals surface area contributed by atoms with Crippen molar-refractivity contribution in [2.75, 3.05) is 11.9 Å². The van der Waals surface area contributed by atoms with Crippen LogP contribution >= 0.6 is 0 Å². The lowest BCUT2D eigenvalue weighted by molar-refractivity contribution is -0.142. The number of benzene rings is 1. The van der Waals surface area contributed by atoms with Crippen LogP contribution in [0.5, 0.6) is 0 Å². The third-order valence-corrected chi connectivity index (χ3v) is 5.60. The van der Waals surface area contributed by atoms with E-state index in [2.05, 4.69) is 0 Å². The van der Waals surface area contributed by atoms with E-state index in [0.29, 0.717) is 5.96 Å². The fourth-order valence-electron chi connectivity index (χ4n) is 3.87. The number of fused-ring (bicyclic) bond motifs is 3. The van der Waals surface area contributed by atoms with Gasteiger partial charge in [-0.05, 0) is 39.8 Å². The van der Waals surface area contributed by atoms with Gasteiger partial charge in [0.2, 0.25) is 5.96 Å². The number of hydrogen-bond donors (Lipinski definition) is 0. The number of aryl methyl sites for hydroxylation is 1. The number of guanidine groups is 1. The molecule has 0 aliphatic carbocycles. The van der Waals surface area contributed by atoms with Crippen molar-refractivity contribution in [1.82, 2.24) is 14.7 Å². The molecule has 3 aliphatic heterocycles. The topological polar surface area (TPSA) is 76.5 Å². The molecular formula is C20H23N5O3. The third kappa shape index (κ3) is 2.44. The van der Waals surface area contributed by atoms with Gasteiger partial charge in [-0.1, -0.05) is 17.7 Å². The zero-order valence-electron chi connectivity index (χ0n) is 16.6. The molecule has 3 heterocycles. The number of ketones is 1. The fraction of sp³-hybridized carbons (Fsp3) is 0.400. The van der Waals surface area contributed by atoms with E-state index in [9.17, 15) is 14.4 Å². The number of hydrogen-bond acceptors (Lipinski definition) is 6. The molecule has 8 nitrogen and oxygen atoms in total.